The van der Waals surface area contributed by atoms with Crippen LogP contribution in [0.5, 0.6) is 5.75 Å². The van der Waals surface area contributed by atoms with Crippen molar-refractivity contribution in [3.8, 4) is 5.75 Å². The van der Waals surface area contributed by atoms with Gasteiger partial charge in [0.2, 0.25) is 0 Å². The molecule has 1 aromatic heterocycles. The summed E-state index contributed by atoms with van der Waals surface area (Å²) in [6.45, 7) is 0. The van der Waals surface area contributed by atoms with E-state index < -0.39 is 5.97 Å². The summed E-state index contributed by atoms with van der Waals surface area (Å²) in [6.07, 6.45) is 2.93. The molecular weight excluding hydrogens is 238 g/mol. The van der Waals surface area contributed by atoms with Crippen LogP contribution < -0.4 is 4.74 Å². The Hall–Kier alpha value is -1.10. The summed E-state index contributed by atoms with van der Waals surface area (Å²) in [7, 11) is 2.82. The molecule has 1 rings (SSSR count). The monoisotopic (exact) mass is 245 g/mol. The normalized spacial score (nSPS) is 9.46. The lowest BCUT2D eigenvalue weighted by atomic mass is 10.3. The van der Waals surface area contributed by atoms with Gasteiger partial charge in [-0.25, -0.2) is 4.79 Å². The van der Waals surface area contributed by atoms with E-state index in [0.29, 0.717) is 15.8 Å². The zero-order chi connectivity index (χ0) is 9.84. The van der Waals surface area contributed by atoms with Gasteiger partial charge < -0.3 is 9.47 Å². The summed E-state index contributed by atoms with van der Waals surface area (Å²) in [4.78, 5) is 15.0. The molecule has 1 aromatic rings. The average molecular weight is 246 g/mol. The minimum absolute atomic E-state index is 0.349. The van der Waals surface area contributed by atoms with E-state index in [2.05, 4.69) is 25.7 Å². The van der Waals surface area contributed by atoms with Crippen molar-refractivity contribution >= 4 is 21.9 Å². The number of esters is 1. The van der Waals surface area contributed by atoms with Gasteiger partial charge in [-0.3, -0.25) is 4.98 Å². The van der Waals surface area contributed by atoms with Gasteiger partial charge >= 0.3 is 5.97 Å². The van der Waals surface area contributed by atoms with Gasteiger partial charge in [-0.15, -0.1) is 0 Å². The lowest BCUT2D eigenvalue weighted by Gasteiger charge is -2.05. The van der Waals surface area contributed by atoms with Crippen molar-refractivity contribution < 1.29 is 14.3 Å². The molecule has 0 spiro atoms. The van der Waals surface area contributed by atoms with Gasteiger partial charge in [-0.1, -0.05) is 0 Å². The fourth-order valence-electron chi connectivity index (χ4n) is 0.820. The predicted molar refractivity (Wildman–Crippen MR) is 49.8 cm³/mol. The largest absolute Gasteiger partial charge is 0.494 e. The fraction of sp³-hybridized carbons (Fsp3) is 0.250. The first-order chi connectivity index (χ1) is 6.20. The van der Waals surface area contributed by atoms with Crippen molar-refractivity contribution in [2.75, 3.05) is 14.2 Å². The molecule has 0 radical (unpaired) electrons. The molecule has 5 heteroatoms. The summed E-state index contributed by atoms with van der Waals surface area (Å²) in [5.74, 6) is 0.0566. The number of rotatable bonds is 2. The smallest absolute Gasteiger partial charge is 0.340 e. The molecule has 0 aliphatic heterocycles. The maximum absolute atomic E-state index is 11.2. The third-order valence-corrected chi connectivity index (χ3v) is 2.29. The van der Waals surface area contributed by atoms with Crippen LogP contribution in [0.3, 0.4) is 0 Å². The van der Waals surface area contributed by atoms with E-state index in [1.54, 1.807) is 0 Å². The van der Waals surface area contributed by atoms with Gasteiger partial charge in [-0.05, 0) is 15.9 Å². The highest BCUT2D eigenvalue weighted by atomic mass is 79.9. The zero-order valence-electron chi connectivity index (χ0n) is 7.20. The molecule has 0 atom stereocenters. The van der Waals surface area contributed by atoms with Crippen molar-refractivity contribution in [3.63, 3.8) is 0 Å². The summed E-state index contributed by atoms with van der Waals surface area (Å²) < 4.78 is 10.1. The van der Waals surface area contributed by atoms with E-state index in [1.807, 2.05) is 0 Å². The Labute approximate surface area is 84.0 Å². The first-order valence-corrected chi connectivity index (χ1v) is 4.25. The SMILES string of the molecule is COC(=O)c1cncc(OC)c1Br. The van der Waals surface area contributed by atoms with Crippen LogP contribution in [0.1, 0.15) is 10.4 Å². The minimum Gasteiger partial charge on any atom is -0.494 e. The van der Waals surface area contributed by atoms with Crippen molar-refractivity contribution in [1.29, 1.82) is 0 Å². The highest BCUT2D eigenvalue weighted by Gasteiger charge is 2.13. The molecule has 13 heavy (non-hydrogen) atoms. The molecule has 0 aliphatic carbocycles. The lowest BCUT2D eigenvalue weighted by molar-refractivity contribution is 0.0598. The van der Waals surface area contributed by atoms with E-state index >= 15 is 0 Å². The summed E-state index contributed by atoms with van der Waals surface area (Å²) in [5.41, 5.74) is 0.349. The lowest BCUT2D eigenvalue weighted by Crippen LogP contribution is -2.03. The summed E-state index contributed by atoms with van der Waals surface area (Å²) >= 11 is 3.22. The van der Waals surface area contributed by atoms with Crippen molar-refractivity contribution in [1.82, 2.24) is 4.98 Å². The second kappa shape index (κ2) is 4.23. The number of carbonyl (C=O) groups is 1. The van der Waals surface area contributed by atoms with Crippen LogP contribution in [-0.2, 0) is 4.74 Å². The Balaban J connectivity index is 3.15. The van der Waals surface area contributed by atoms with Gasteiger partial charge in [0.25, 0.3) is 0 Å². The number of halogens is 1. The van der Waals surface area contributed by atoms with Crippen LogP contribution in [0.2, 0.25) is 0 Å². The molecule has 0 saturated heterocycles. The van der Waals surface area contributed by atoms with Crippen molar-refractivity contribution in [2.24, 2.45) is 0 Å². The molecule has 0 N–H and O–H groups in total. The third kappa shape index (κ3) is 1.98. The van der Waals surface area contributed by atoms with E-state index in [0.717, 1.165) is 0 Å². The zero-order valence-corrected chi connectivity index (χ0v) is 8.79. The summed E-state index contributed by atoms with van der Waals surface area (Å²) in [6, 6.07) is 0. The number of methoxy groups -OCH3 is 2. The quantitative estimate of drug-likeness (QED) is 0.744. The Bertz CT molecular complexity index is 327. The minimum atomic E-state index is -0.446. The number of aromatic nitrogens is 1. The van der Waals surface area contributed by atoms with Gasteiger partial charge in [0.1, 0.15) is 0 Å². The summed E-state index contributed by atoms with van der Waals surface area (Å²) in [5, 5.41) is 0. The van der Waals surface area contributed by atoms with Gasteiger partial charge in [0.15, 0.2) is 5.75 Å². The second-order valence-corrected chi connectivity index (χ2v) is 2.99. The maximum Gasteiger partial charge on any atom is 0.340 e. The van der Waals surface area contributed by atoms with Crippen LogP contribution in [0, 0.1) is 0 Å². The van der Waals surface area contributed by atoms with E-state index in [1.165, 1.54) is 26.6 Å². The molecule has 0 fully saturated rings. The molecule has 4 nitrogen and oxygen atoms in total. The van der Waals surface area contributed by atoms with Crippen molar-refractivity contribution in [2.45, 2.75) is 0 Å². The highest BCUT2D eigenvalue weighted by Crippen LogP contribution is 2.27. The number of hydrogen-bond donors (Lipinski definition) is 0. The van der Waals surface area contributed by atoms with E-state index in [9.17, 15) is 4.79 Å². The van der Waals surface area contributed by atoms with E-state index in [4.69, 9.17) is 4.74 Å². The van der Waals surface area contributed by atoms with Crippen LogP contribution in [0.25, 0.3) is 0 Å². The number of carbonyl (C=O) groups excluding carboxylic acids is 1. The number of pyridine rings is 1. The maximum atomic E-state index is 11.2. The molecular formula is C8H8BrNO3. The predicted octanol–water partition coefficient (Wildman–Crippen LogP) is 1.64. The van der Waals surface area contributed by atoms with Crippen LogP contribution in [0.15, 0.2) is 16.9 Å². The molecule has 1 heterocycles. The first-order valence-electron chi connectivity index (χ1n) is 3.46. The molecule has 0 amide bonds. The van der Waals surface area contributed by atoms with Gasteiger partial charge in [-0.2, -0.15) is 0 Å². The number of hydrogen-bond acceptors (Lipinski definition) is 4. The van der Waals surface area contributed by atoms with E-state index in [-0.39, 0.29) is 0 Å². The highest BCUT2D eigenvalue weighted by molar-refractivity contribution is 9.10. The van der Waals surface area contributed by atoms with Crippen LogP contribution in [0.4, 0.5) is 0 Å². The Morgan fingerprint density at radius 2 is 2.15 bits per heavy atom. The third-order valence-electron chi connectivity index (χ3n) is 1.47. The molecule has 0 unspecified atom stereocenters. The van der Waals surface area contributed by atoms with Gasteiger partial charge in [0, 0.05) is 6.20 Å². The van der Waals surface area contributed by atoms with Crippen LogP contribution in [-0.4, -0.2) is 25.2 Å². The Kier molecular flexibility index (Phi) is 3.25. The molecule has 0 aromatic carbocycles. The van der Waals surface area contributed by atoms with Crippen LogP contribution >= 0.6 is 15.9 Å². The van der Waals surface area contributed by atoms with Crippen molar-refractivity contribution in [3.05, 3.63) is 22.4 Å². The number of ether oxygens (including phenoxy) is 2. The standard InChI is InChI=1S/C8H8BrNO3/c1-12-6-4-10-3-5(7(6)9)8(11)13-2/h3-4H,1-2H3. The Morgan fingerprint density at radius 3 is 2.69 bits per heavy atom. The topological polar surface area (TPSA) is 48.4 Å². The molecule has 70 valence electrons. The second-order valence-electron chi connectivity index (χ2n) is 2.19. The average Bonchev–Trinajstić information content (AvgIpc) is 2.17. The molecule has 0 bridgehead atoms. The van der Waals surface area contributed by atoms with Gasteiger partial charge in [0.05, 0.1) is 30.5 Å². The molecule has 0 aliphatic rings. The first kappa shape index (κ1) is 9.98. The Morgan fingerprint density at radius 1 is 1.46 bits per heavy atom. The fourth-order valence-corrected chi connectivity index (χ4v) is 1.35. The number of nitrogens with zero attached hydrogens (tertiary/aromatic N) is 1. The molecule has 0 saturated carbocycles.